The number of aromatic amines is 1. The summed E-state index contributed by atoms with van der Waals surface area (Å²) in [6, 6.07) is 0. The van der Waals surface area contributed by atoms with Crippen LogP contribution in [0.4, 0.5) is 11.5 Å². The van der Waals surface area contributed by atoms with Crippen molar-refractivity contribution in [1.29, 1.82) is 0 Å². The molecular formula is C15H24N4O3. The van der Waals surface area contributed by atoms with Crippen molar-refractivity contribution in [2.75, 3.05) is 29.6 Å². The van der Waals surface area contributed by atoms with E-state index in [-0.39, 0.29) is 18.0 Å². The van der Waals surface area contributed by atoms with Crippen LogP contribution in [0.3, 0.4) is 0 Å². The number of unbranched alkanes of at least 4 members (excludes halogenated alkanes) is 1. The smallest absolute Gasteiger partial charge is 0.330 e. The van der Waals surface area contributed by atoms with E-state index in [0.29, 0.717) is 24.7 Å². The Kier molecular flexibility index (Phi) is 5.05. The lowest BCUT2D eigenvalue weighted by Gasteiger charge is -2.21. The van der Waals surface area contributed by atoms with Crippen LogP contribution >= 0.6 is 0 Å². The Balaban J connectivity index is 2.55. The van der Waals surface area contributed by atoms with Crippen molar-refractivity contribution in [2.45, 2.75) is 46.6 Å². The second kappa shape index (κ2) is 6.81. The molecule has 0 aliphatic carbocycles. The highest BCUT2D eigenvalue weighted by atomic mass is 16.2. The maximum atomic E-state index is 12.3. The first-order valence-electron chi connectivity index (χ1n) is 7.86. The molecule has 1 aliphatic heterocycles. The molecule has 1 N–H and O–H groups in total. The maximum absolute atomic E-state index is 12.3. The van der Waals surface area contributed by atoms with E-state index < -0.39 is 5.56 Å². The van der Waals surface area contributed by atoms with Crippen LogP contribution in [0.25, 0.3) is 0 Å². The van der Waals surface area contributed by atoms with Crippen molar-refractivity contribution in [3.8, 4) is 0 Å². The Hall–Kier alpha value is -2.05. The average Bonchev–Trinajstić information content (AvgIpc) is 2.79. The van der Waals surface area contributed by atoms with Crippen LogP contribution in [-0.2, 0) is 11.3 Å². The van der Waals surface area contributed by atoms with E-state index in [2.05, 4.69) is 11.9 Å². The number of Topliss-reactive ketones (excluding diaryl/α,β-unsaturated/α-hetero) is 1. The van der Waals surface area contributed by atoms with Gasteiger partial charge >= 0.3 is 5.69 Å². The van der Waals surface area contributed by atoms with E-state index >= 15 is 0 Å². The molecule has 22 heavy (non-hydrogen) atoms. The van der Waals surface area contributed by atoms with Crippen LogP contribution in [0, 0.1) is 0 Å². The van der Waals surface area contributed by atoms with Gasteiger partial charge in [-0.15, -0.1) is 0 Å². The SMILES string of the molecule is CCCCN1CN(CC(C)=O)c2c1n(CCC)c(=O)[nH]c2=O. The van der Waals surface area contributed by atoms with Crippen molar-refractivity contribution >= 4 is 17.3 Å². The van der Waals surface area contributed by atoms with E-state index in [1.807, 2.05) is 11.8 Å². The monoisotopic (exact) mass is 308 g/mol. The van der Waals surface area contributed by atoms with Crippen LogP contribution in [0.1, 0.15) is 40.0 Å². The molecule has 0 saturated carbocycles. The number of hydrogen-bond acceptors (Lipinski definition) is 5. The summed E-state index contributed by atoms with van der Waals surface area (Å²) >= 11 is 0. The van der Waals surface area contributed by atoms with Gasteiger partial charge in [-0.3, -0.25) is 19.1 Å². The largest absolute Gasteiger partial charge is 0.339 e. The zero-order valence-electron chi connectivity index (χ0n) is 13.5. The number of fused-ring (bicyclic) bond motifs is 1. The first-order chi connectivity index (χ1) is 10.5. The summed E-state index contributed by atoms with van der Waals surface area (Å²) in [4.78, 5) is 42.0. The van der Waals surface area contributed by atoms with E-state index in [0.717, 1.165) is 25.8 Å². The summed E-state index contributed by atoms with van der Waals surface area (Å²) in [5.74, 6) is 0.654. The molecule has 0 aromatic carbocycles. The van der Waals surface area contributed by atoms with Crippen molar-refractivity contribution in [3.63, 3.8) is 0 Å². The zero-order chi connectivity index (χ0) is 16.3. The van der Waals surface area contributed by atoms with Gasteiger partial charge in [-0.2, -0.15) is 0 Å². The summed E-state index contributed by atoms with van der Waals surface area (Å²) in [7, 11) is 0. The van der Waals surface area contributed by atoms with Gasteiger partial charge in [0, 0.05) is 13.1 Å². The zero-order valence-corrected chi connectivity index (χ0v) is 13.5. The molecule has 0 saturated heterocycles. The lowest BCUT2D eigenvalue weighted by molar-refractivity contribution is -0.115. The minimum Gasteiger partial charge on any atom is -0.339 e. The number of aromatic nitrogens is 2. The molecule has 7 heteroatoms. The summed E-state index contributed by atoms with van der Waals surface area (Å²) in [6.45, 7) is 7.57. The van der Waals surface area contributed by atoms with Gasteiger partial charge in [0.15, 0.2) is 0 Å². The molecule has 1 aliphatic rings. The fourth-order valence-corrected chi connectivity index (χ4v) is 2.85. The molecular weight excluding hydrogens is 284 g/mol. The Bertz CT molecular complexity index is 662. The minimum absolute atomic E-state index is 0.00377. The second-order valence-corrected chi connectivity index (χ2v) is 5.74. The van der Waals surface area contributed by atoms with Gasteiger partial charge < -0.3 is 9.80 Å². The fourth-order valence-electron chi connectivity index (χ4n) is 2.85. The highest BCUT2D eigenvalue weighted by molar-refractivity contribution is 5.84. The quantitative estimate of drug-likeness (QED) is 0.810. The van der Waals surface area contributed by atoms with Crippen LogP contribution in [0.15, 0.2) is 9.59 Å². The van der Waals surface area contributed by atoms with Gasteiger partial charge in [0.2, 0.25) is 0 Å². The number of H-pyrrole nitrogens is 1. The van der Waals surface area contributed by atoms with Crippen LogP contribution in [-0.4, -0.2) is 35.1 Å². The highest BCUT2D eigenvalue weighted by Crippen LogP contribution is 2.31. The number of carbonyl (C=O) groups excluding carboxylic acids is 1. The molecule has 0 fully saturated rings. The van der Waals surface area contributed by atoms with Gasteiger partial charge in [0.1, 0.15) is 17.3 Å². The molecule has 2 heterocycles. The van der Waals surface area contributed by atoms with Crippen molar-refractivity contribution in [1.82, 2.24) is 9.55 Å². The fraction of sp³-hybridized carbons (Fsp3) is 0.667. The van der Waals surface area contributed by atoms with E-state index in [9.17, 15) is 14.4 Å². The van der Waals surface area contributed by atoms with Gasteiger partial charge in [-0.25, -0.2) is 4.79 Å². The standard InChI is InChI=1S/C15H24N4O3/c1-4-6-8-17-10-18(9-11(3)20)12-13(21)16-15(22)19(7-5-2)14(12)17/h4-10H2,1-3H3,(H,16,21,22). The topological polar surface area (TPSA) is 78.4 Å². The van der Waals surface area contributed by atoms with Crippen LogP contribution in [0.2, 0.25) is 0 Å². The van der Waals surface area contributed by atoms with Gasteiger partial charge in [0.25, 0.3) is 5.56 Å². The third-order valence-electron chi connectivity index (χ3n) is 3.75. The van der Waals surface area contributed by atoms with Crippen molar-refractivity contribution in [3.05, 3.63) is 20.8 Å². The summed E-state index contributed by atoms with van der Waals surface area (Å²) in [5, 5.41) is 0. The second-order valence-electron chi connectivity index (χ2n) is 5.74. The maximum Gasteiger partial charge on any atom is 0.330 e. The number of nitrogens with one attached hydrogen (secondary N) is 1. The molecule has 1 aromatic heterocycles. The van der Waals surface area contributed by atoms with Crippen LogP contribution in [0.5, 0.6) is 0 Å². The molecule has 0 unspecified atom stereocenters. The molecule has 7 nitrogen and oxygen atoms in total. The number of anilines is 2. The Labute approximate surface area is 129 Å². The number of nitrogens with zero attached hydrogens (tertiary/aromatic N) is 3. The van der Waals surface area contributed by atoms with Gasteiger partial charge in [-0.05, 0) is 19.8 Å². The predicted molar refractivity (Wildman–Crippen MR) is 86.8 cm³/mol. The molecule has 0 atom stereocenters. The van der Waals surface area contributed by atoms with E-state index in [1.165, 1.54) is 6.92 Å². The first kappa shape index (κ1) is 16.3. The average molecular weight is 308 g/mol. The summed E-state index contributed by atoms with van der Waals surface area (Å²) in [6.07, 6.45) is 2.80. The Morgan fingerprint density at radius 3 is 2.45 bits per heavy atom. The van der Waals surface area contributed by atoms with Crippen molar-refractivity contribution < 1.29 is 4.79 Å². The molecule has 2 rings (SSSR count). The Morgan fingerprint density at radius 2 is 1.86 bits per heavy atom. The molecule has 0 radical (unpaired) electrons. The summed E-state index contributed by atoms with van der Waals surface area (Å²) in [5.41, 5.74) is -0.344. The molecule has 122 valence electrons. The lowest BCUT2D eigenvalue weighted by Crippen LogP contribution is -2.35. The van der Waals surface area contributed by atoms with Gasteiger partial charge in [0.05, 0.1) is 13.2 Å². The molecule has 0 bridgehead atoms. The van der Waals surface area contributed by atoms with Gasteiger partial charge in [-0.1, -0.05) is 20.3 Å². The normalized spacial score (nSPS) is 13.6. The lowest BCUT2D eigenvalue weighted by atomic mass is 10.3. The minimum atomic E-state index is -0.410. The first-order valence-corrected chi connectivity index (χ1v) is 7.86. The van der Waals surface area contributed by atoms with Crippen molar-refractivity contribution in [2.24, 2.45) is 0 Å². The molecule has 1 aromatic rings. The molecule has 0 spiro atoms. The number of rotatable bonds is 7. The number of carbonyl (C=O) groups is 1. The molecule has 0 amide bonds. The third-order valence-corrected chi connectivity index (χ3v) is 3.75. The predicted octanol–water partition coefficient (Wildman–Crippen LogP) is 0.920. The summed E-state index contributed by atoms with van der Waals surface area (Å²) < 4.78 is 1.62. The van der Waals surface area contributed by atoms with Crippen LogP contribution < -0.4 is 21.0 Å². The highest BCUT2D eigenvalue weighted by Gasteiger charge is 2.32. The third kappa shape index (κ3) is 3.08. The Morgan fingerprint density at radius 1 is 1.14 bits per heavy atom. The van der Waals surface area contributed by atoms with E-state index in [4.69, 9.17) is 0 Å². The number of hydrogen-bond donors (Lipinski definition) is 1. The van der Waals surface area contributed by atoms with E-state index in [1.54, 1.807) is 9.47 Å². The number of ketones is 1.